The maximum Gasteiger partial charge on any atom is 0.317 e. The molecule has 1 aliphatic carbocycles. The van der Waals surface area contributed by atoms with E-state index in [0.29, 0.717) is 23.1 Å². The number of esters is 1. The Morgan fingerprint density at radius 1 is 1.04 bits per heavy atom. The fourth-order valence-electron chi connectivity index (χ4n) is 3.27. The average molecular weight is 356 g/mol. The van der Waals surface area contributed by atoms with Crippen LogP contribution in [-0.2, 0) is 14.3 Å². The Kier molecular flexibility index (Phi) is 5.26. The number of hydrogen-bond donors (Lipinski definition) is 0. The number of halogens is 2. The molecule has 0 N–H and O–H groups in total. The Balaban J connectivity index is 2.01. The molecule has 0 bridgehead atoms. The third kappa shape index (κ3) is 3.72. The summed E-state index contributed by atoms with van der Waals surface area (Å²) in [5.74, 6) is -3.13. The van der Waals surface area contributed by atoms with Crippen LogP contribution in [0.15, 0.2) is 54.6 Å². The molecule has 2 aromatic carbocycles. The van der Waals surface area contributed by atoms with E-state index in [1.54, 1.807) is 31.2 Å². The van der Waals surface area contributed by atoms with E-state index in [9.17, 15) is 18.4 Å². The second-order valence-electron chi connectivity index (χ2n) is 6.17. The Bertz CT molecular complexity index is 839. The summed E-state index contributed by atoms with van der Waals surface area (Å²) in [5, 5.41) is 0. The summed E-state index contributed by atoms with van der Waals surface area (Å²) in [7, 11) is 0. The van der Waals surface area contributed by atoms with Crippen LogP contribution >= 0.6 is 0 Å². The van der Waals surface area contributed by atoms with E-state index in [1.165, 1.54) is 30.3 Å². The van der Waals surface area contributed by atoms with Crippen LogP contribution in [0, 0.1) is 17.6 Å². The monoisotopic (exact) mass is 356 g/mol. The Morgan fingerprint density at radius 3 is 2.19 bits per heavy atom. The summed E-state index contributed by atoms with van der Waals surface area (Å²) in [6, 6.07) is 11.6. The van der Waals surface area contributed by atoms with E-state index in [1.807, 2.05) is 0 Å². The fraction of sp³-hybridized carbons (Fsp3) is 0.238. The largest absolute Gasteiger partial charge is 0.465 e. The van der Waals surface area contributed by atoms with Crippen molar-refractivity contribution in [2.24, 2.45) is 5.92 Å². The highest BCUT2D eigenvalue weighted by molar-refractivity contribution is 6.10. The number of carbonyl (C=O) groups is 2. The van der Waals surface area contributed by atoms with E-state index in [-0.39, 0.29) is 18.2 Å². The lowest BCUT2D eigenvalue weighted by Gasteiger charge is -2.29. The van der Waals surface area contributed by atoms with Crippen molar-refractivity contribution in [2.45, 2.75) is 19.3 Å². The standard InChI is InChI=1S/C21H18F2O3/c1-2-26-21(25)20-18(14-5-9-17(23)10-6-14)11-15(12-19(20)24)13-3-7-16(22)8-4-13/h3-10,12,18,20H,2,11H2,1H3/t18-,20-/m0/s1. The van der Waals surface area contributed by atoms with Gasteiger partial charge in [-0.2, -0.15) is 0 Å². The molecule has 2 atom stereocenters. The van der Waals surface area contributed by atoms with Gasteiger partial charge >= 0.3 is 5.97 Å². The molecule has 0 aliphatic heterocycles. The third-order valence-corrected chi connectivity index (χ3v) is 4.52. The predicted octanol–water partition coefficient (Wildman–Crippen LogP) is 4.28. The van der Waals surface area contributed by atoms with Crippen molar-refractivity contribution in [3.63, 3.8) is 0 Å². The van der Waals surface area contributed by atoms with Crippen LogP contribution in [0.1, 0.15) is 30.4 Å². The van der Waals surface area contributed by atoms with Crippen molar-refractivity contribution in [3.05, 3.63) is 77.4 Å². The number of ketones is 1. The molecule has 26 heavy (non-hydrogen) atoms. The molecule has 1 aliphatic rings. The molecular weight excluding hydrogens is 338 g/mol. The molecule has 0 saturated carbocycles. The van der Waals surface area contributed by atoms with Crippen molar-refractivity contribution in [1.29, 1.82) is 0 Å². The molecule has 0 spiro atoms. The SMILES string of the molecule is CCOC(=O)[C@@H]1C(=O)C=C(c2ccc(F)cc2)C[C@H]1c1ccc(F)cc1. The maximum atomic E-state index is 13.3. The number of hydrogen-bond acceptors (Lipinski definition) is 3. The number of rotatable bonds is 4. The molecule has 5 heteroatoms. The lowest BCUT2D eigenvalue weighted by atomic mass is 9.73. The highest BCUT2D eigenvalue weighted by atomic mass is 19.1. The number of ether oxygens (including phenoxy) is 1. The van der Waals surface area contributed by atoms with Gasteiger partial charge in [0.25, 0.3) is 0 Å². The van der Waals surface area contributed by atoms with Crippen LogP contribution < -0.4 is 0 Å². The lowest BCUT2D eigenvalue weighted by Crippen LogP contribution is -2.34. The Morgan fingerprint density at radius 2 is 1.62 bits per heavy atom. The molecule has 0 heterocycles. The van der Waals surface area contributed by atoms with Crippen molar-refractivity contribution >= 4 is 17.3 Å². The van der Waals surface area contributed by atoms with Crippen LogP contribution in [0.2, 0.25) is 0 Å². The molecule has 0 unspecified atom stereocenters. The second-order valence-corrected chi connectivity index (χ2v) is 6.17. The van der Waals surface area contributed by atoms with Gasteiger partial charge in [0, 0.05) is 5.92 Å². The summed E-state index contributed by atoms with van der Waals surface area (Å²) in [6.07, 6.45) is 1.82. The minimum atomic E-state index is -0.968. The van der Waals surface area contributed by atoms with Crippen LogP contribution in [0.25, 0.3) is 5.57 Å². The van der Waals surface area contributed by atoms with Crippen molar-refractivity contribution in [2.75, 3.05) is 6.61 Å². The van der Waals surface area contributed by atoms with Crippen LogP contribution in [0.5, 0.6) is 0 Å². The predicted molar refractivity (Wildman–Crippen MR) is 93.3 cm³/mol. The summed E-state index contributed by atoms with van der Waals surface area (Å²) < 4.78 is 31.5. The van der Waals surface area contributed by atoms with Gasteiger partial charge in [-0.25, -0.2) is 8.78 Å². The summed E-state index contributed by atoms with van der Waals surface area (Å²) in [6.45, 7) is 1.85. The van der Waals surface area contributed by atoms with Crippen LogP contribution in [0.4, 0.5) is 8.78 Å². The van der Waals surface area contributed by atoms with Gasteiger partial charge in [-0.15, -0.1) is 0 Å². The first-order valence-corrected chi connectivity index (χ1v) is 8.42. The van der Waals surface area contributed by atoms with Gasteiger partial charge in [0.15, 0.2) is 5.78 Å². The maximum absolute atomic E-state index is 13.3. The fourth-order valence-corrected chi connectivity index (χ4v) is 3.27. The van der Waals surface area contributed by atoms with Gasteiger partial charge in [0.2, 0.25) is 0 Å². The second kappa shape index (κ2) is 7.60. The van der Waals surface area contributed by atoms with Crippen molar-refractivity contribution in [1.82, 2.24) is 0 Å². The summed E-state index contributed by atoms with van der Waals surface area (Å²) in [5.41, 5.74) is 2.12. The molecular formula is C21H18F2O3. The molecule has 134 valence electrons. The quantitative estimate of drug-likeness (QED) is 0.606. The van der Waals surface area contributed by atoms with E-state index in [0.717, 1.165) is 0 Å². The zero-order valence-corrected chi connectivity index (χ0v) is 14.2. The van der Waals surface area contributed by atoms with Gasteiger partial charge in [-0.05, 0) is 60.4 Å². The molecule has 0 saturated heterocycles. The average Bonchev–Trinajstić information content (AvgIpc) is 2.62. The normalized spacial score (nSPS) is 19.8. The van der Waals surface area contributed by atoms with Gasteiger partial charge in [-0.3, -0.25) is 9.59 Å². The molecule has 0 amide bonds. The van der Waals surface area contributed by atoms with Gasteiger partial charge in [0.1, 0.15) is 17.6 Å². The molecule has 0 radical (unpaired) electrons. The summed E-state index contributed by atoms with van der Waals surface area (Å²) in [4.78, 5) is 25.0. The van der Waals surface area contributed by atoms with E-state index < -0.39 is 23.6 Å². The van der Waals surface area contributed by atoms with Gasteiger partial charge < -0.3 is 4.74 Å². The van der Waals surface area contributed by atoms with Crippen LogP contribution in [0.3, 0.4) is 0 Å². The van der Waals surface area contributed by atoms with E-state index in [4.69, 9.17) is 4.74 Å². The topological polar surface area (TPSA) is 43.4 Å². The first-order valence-electron chi connectivity index (χ1n) is 8.42. The summed E-state index contributed by atoms with van der Waals surface area (Å²) >= 11 is 0. The highest BCUT2D eigenvalue weighted by Gasteiger charge is 2.39. The van der Waals surface area contributed by atoms with Gasteiger partial charge in [0.05, 0.1) is 6.61 Å². The molecule has 2 aromatic rings. The number of carbonyl (C=O) groups excluding carboxylic acids is 2. The van der Waals surface area contributed by atoms with Crippen molar-refractivity contribution < 1.29 is 23.1 Å². The van der Waals surface area contributed by atoms with E-state index >= 15 is 0 Å². The minimum Gasteiger partial charge on any atom is -0.465 e. The Hall–Kier alpha value is -2.82. The first-order chi connectivity index (χ1) is 12.5. The zero-order valence-electron chi connectivity index (χ0n) is 14.2. The lowest BCUT2D eigenvalue weighted by molar-refractivity contribution is -0.151. The van der Waals surface area contributed by atoms with Gasteiger partial charge in [-0.1, -0.05) is 24.3 Å². The zero-order chi connectivity index (χ0) is 18.7. The van der Waals surface area contributed by atoms with E-state index in [2.05, 4.69) is 0 Å². The molecule has 0 fully saturated rings. The smallest absolute Gasteiger partial charge is 0.317 e. The molecule has 0 aromatic heterocycles. The number of allylic oxidation sites excluding steroid dienone is 2. The molecule has 3 rings (SSSR count). The number of benzene rings is 2. The van der Waals surface area contributed by atoms with Crippen molar-refractivity contribution in [3.8, 4) is 0 Å². The Labute approximate surface area is 150 Å². The molecule has 3 nitrogen and oxygen atoms in total. The minimum absolute atomic E-state index is 0.174. The van der Waals surface area contributed by atoms with Crippen LogP contribution in [-0.4, -0.2) is 18.4 Å². The first kappa shape index (κ1) is 18.0. The third-order valence-electron chi connectivity index (χ3n) is 4.52. The highest BCUT2D eigenvalue weighted by Crippen LogP contribution is 2.40.